The molecule has 0 saturated heterocycles. The lowest BCUT2D eigenvalue weighted by Crippen LogP contribution is -2.10. The Labute approximate surface area is 118 Å². The highest BCUT2D eigenvalue weighted by molar-refractivity contribution is 5.46. The lowest BCUT2D eigenvalue weighted by atomic mass is 9.87. The lowest BCUT2D eigenvalue weighted by molar-refractivity contribution is 0.574. The van der Waals surface area contributed by atoms with Crippen LogP contribution in [0.3, 0.4) is 0 Å². The highest BCUT2D eigenvalue weighted by atomic mass is 19.1. The first kappa shape index (κ1) is 14.5. The second kappa shape index (κ2) is 5.61. The Bertz CT molecular complexity index is 583. The minimum absolute atomic E-state index is 0.113. The predicted octanol–water partition coefficient (Wildman–Crippen LogP) is 4.87. The van der Waals surface area contributed by atoms with E-state index in [0.29, 0.717) is 12.1 Å². The van der Waals surface area contributed by atoms with Gasteiger partial charge in [-0.25, -0.2) is 8.78 Å². The van der Waals surface area contributed by atoms with Gasteiger partial charge < -0.3 is 5.32 Å². The molecule has 2 aromatic carbocycles. The molecule has 0 bridgehead atoms. The normalized spacial score (nSPS) is 11.4. The molecule has 0 spiro atoms. The maximum Gasteiger partial charge on any atom is 0.131 e. The summed E-state index contributed by atoms with van der Waals surface area (Å²) in [7, 11) is 0. The van der Waals surface area contributed by atoms with E-state index in [9.17, 15) is 8.78 Å². The third-order valence-corrected chi connectivity index (χ3v) is 3.25. The van der Waals surface area contributed by atoms with Crippen molar-refractivity contribution in [3.8, 4) is 0 Å². The number of hydrogen-bond acceptors (Lipinski definition) is 1. The van der Waals surface area contributed by atoms with Gasteiger partial charge in [0.2, 0.25) is 0 Å². The summed E-state index contributed by atoms with van der Waals surface area (Å²) >= 11 is 0. The summed E-state index contributed by atoms with van der Waals surface area (Å²) in [5.41, 5.74) is 2.73. The molecule has 2 aromatic rings. The van der Waals surface area contributed by atoms with E-state index >= 15 is 0 Å². The highest BCUT2D eigenvalue weighted by Crippen LogP contribution is 2.23. The van der Waals surface area contributed by atoms with E-state index < -0.39 is 11.6 Å². The molecule has 0 aromatic heterocycles. The smallest absolute Gasteiger partial charge is 0.131 e. The van der Waals surface area contributed by atoms with Crippen LogP contribution in [-0.4, -0.2) is 0 Å². The SMILES string of the molecule is CC(C)(C)c1ccc(NCc2ccc(F)cc2F)cc1. The minimum Gasteiger partial charge on any atom is -0.381 e. The van der Waals surface area contributed by atoms with Gasteiger partial charge in [0.1, 0.15) is 11.6 Å². The quantitative estimate of drug-likeness (QED) is 0.842. The number of rotatable bonds is 3. The summed E-state index contributed by atoms with van der Waals surface area (Å²) < 4.78 is 26.3. The number of halogens is 2. The van der Waals surface area contributed by atoms with E-state index in [0.717, 1.165) is 11.8 Å². The van der Waals surface area contributed by atoms with Gasteiger partial charge in [0, 0.05) is 23.9 Å². The fourth-order valence-electron chi connectivity index (χ4n) is 1.95. The topological polar surface area (TPSA) is 12.0 Å². The zero-order valence-electron chi connectivity index (χ0n) is 12.0. The molecule has 0 radical (unpaired) electrons. The van der Waals surface area contributed by atoms with Crippen molar-refractivity contribution in [2.45, 2.75) is 32.7 Å². The molecule has 20 heavy (non-hydrogen) atoms. The van der Waals surface area contributed by atoms with Crippen molar-refractivity contribution in [3.63, 3.8) is 0 Å². The molecule has 0 amide bonds. The van der Waals surface area contributed by atoms with Crippen molar-refractivity contribution in [2.24, 2.45) is 0 Å². The monoisotopic (exact) mass is 275 g/mol. The molecule has 1 N–H and O–H groups in total. The Morgan fingerprint density at radius 3 is 2.15 bits per heavy atom. The number of anilines is 1. The largest absolute Gasteiger partial charge is 0.381 e. The average Bonchev–Trinajstić information content (AvgIpc) is 2.37. The molecule has 106 valence electrons. The van der Waals surface area contributed by atoms with Crippen molar-refractivity contribution in [2.75, 3.05) is 5.32 Å². The molecule has 0 aliphatic heterocycles. The van der Waals surface area contributed by atoms with Gasteiger partial charge in [0.25, 0.3) is 0 Å². The number of nitrogens with one attached hydrogen (secondary N) is 1. The molecule has 0 saturated carbocycles. The van der Waals surface area contributed by atoms with E-state index in [-0.39, 0.29) is 5.41 Å². The molecule has 0 unspecified atom stereocenters. The molecule has 1 nitrogen and oxygen atoms in total. The minimum atomic E-state index is -0.555. The maximum absolute atomic E-state index is 13.5. The second-order valence-corrected chi connectivity index (χ2v) is 5.92. The fraction of sp³-hybridized carbons (Fsp3) is 0.294. The Balaban J connectivity index is 2.04. The van der Waals surface area contributed by atoms with E-state index in [1.165, 1.54) is 17.7 Å². The maximum atomic E-state index is 13.5. The van der Waals surface area contributed by atoms with Crippen LogP contribution in [0.2, 0.25) is 0 Å². The van der Waals surface area contributed by atoms with Crippen LogP contribution < -0.4 is 5.32 Å². The van der Waals surface area contributed by atoms with Crippen LogP contribution in [0.5, 0.6) is 0 Å². The standard InChI is InChI=1S/C17H19F2N/c1-17(2,3)13-5-8-15(9-6-13)20-11-12-4-7-14(18)10-16(12)19/h4-10,20H,11H2,1-3H3. The predicted molar refractivity (Wildman–Crippen MR) is 78.8 cm³/mol. The summed E-state index contributed by atoms with van der Waals surface area (Å²) in [5.74, 6) is -1.08. The van der Waals surface area contributed by atoms with Crippen LogP contribution in [-0.2, 0) is 12.0 Å². The zero-order chi connectivity index (χ0) is 14.8. The molecule has 3 heteroatoms. The van der Waals surface area contributed by atoms with Crippen molar-refractivity contribution in [3.05, 3.63) is 65.2 Å². The Hall–Kier alpha value is -1.90. The van der Waals surface area contributed by atoms with E-state index in [2.05, 4.69) is 38.2 Å². The highest BCUT2D eigenvalue weighted by Gasteiger charge is 2.12. The molecular formula is C17H19F2N. The van der Waals surface area contributed by atoms with Crippen molar-refractivity contribution in [1.29, 1.82) is 0 Å². The van der Waals surface area contributed by atoms with Crippen LogP contribution in [0.25, 0.3) is 0 Å². The van der Waals surface area contributed by atoms with Crippen LogP contribution in [0, 0.1) is 11.6 Å². The molecule has 2 rings (SSSR count). The van der Waals surface area contributed by atoms with Crippen molar-refractivity contribution >= 4 is 5.69 Å². The van der Waals surface area contributed by atoms with Gasteiger partial charge in [0.15, 0.2) is 0 Å². The van der Waals surface area contributed by atoms with Gasteiger partial charge in [-0.1, -0.05) is 39.0 Å². The van der Waals surface area contributed by atoms with Crippen molar-refractivity contribution < 1.29 is 8.78 Å². The Morgan fingerprint density at radius 2 is 1.60 bits per heavy atom. The van der Waals surface area contributed by atoms with Crippen LogP contribution >= 0.6 is 0 Å². The third-order valence-electron chi connectivity index (χ3n) is 3.25. The van der Waals surface area contributed by atoms with E-state index in [1.54, 1.807) is 0 Å². The second-order valence-electron chi connectivity index (χ2n) is 5.92. The van der Waals surface area contributed by atoms with Gasteiger partial charge in [-0.05, 0) is 29.2 Å². The van der Waals surface area contributed by atoms with Crippen LogP contribution in [0.1, 0.15) is 31.9 Å². The summed E-state index contributed by atoms with van der Waals surface area (Å²) in [6.07, 6.45) is 0. The number of benzene rings is 2. The van der Waals surface area contributed by atoms with Gasteiger partial charge in [-0.15, -0.1) is 0 Å². The molecule has 0 heterocycles. The lowest BCUT2D eigenvalue weighted by Gasteiger charge is -2.19. The summed E-state index contributed by atoms with van der Waals surface area (Å²) in [4.78, 5) is 0. The van der Waals surface area contributed by atoms with Crippen LogP contribution in [0.15, 0.2) is 42.5 Å². The first-order valence-corrected chi connectivity index (χ1v) is 6.64. The average molecular weight is 275 g/mol. The molecular weight excluding hydrogens is 256 g/mol. The fourth-order valence-corrected chi connectivity index (χ4v) is 1.95. The molecule has 0 atom stereocenters. The van der Waals surface area contributed by atoms with E-state index in [4.69, 9.17) is 0 Å². The Kier molecular flexibility index (Phi) is 4.07. The third kappa shape index (κ3) is 3.56. The van der Waals surface area contributed by atoms with Crippen LogP contribution in [0.4, 0.5) is 14.5 Å². The van der Waals surface area contributed by atoms with E-state index in [1.807, 2.05) is 12.1 Å². The first-order valence-electron chi connectivity index (χ1n) is 6.64. The summed E-state index contributed by atoms with van der Waals surface area (Å²) in [5, 5.41) is 3.14. The first-order chi connectivity index (χ1) is 9.36. The Morgan fingerprint density at radius 1 is 0.950 bits per heavy atom. The zero-order valence-corrected chi connectivity index (χ0v) is 12.0. The van der Waals surface area contributed by atoms with Crippen molar-refractivity contribution in [1.82, 2.24) is 0 Å². The summed E-state index contributed by atoms with van der Waals surface area (Å²) in [6.45, 7) is 6.80. The molecule has 0 aliphatic carbocycles. The molecule has 0 aliphatic rings. The molecule has 0 fully saturated rings. The van der Waals surface area contributed by atoms with Gasteiger partial charge in [-0.3, -0.25) is 0 Å². The number of hydrogen-bond donors (Lipinski definition) is 1. The van der Waals surface area contributed by atoms with Gasteiger partial charge >= 0.3 is 0 Å². The van der Waals surface area contributed by atoms with Gasteiger partial charge in [-0.2, -0.15) is 0 Å². The summed E-state index contributed by atoms with van der Waals surface area (Å²) in [6, 6.07) is 11.7. The van der Waals surface area contributed by atoms with Gasteiger partial charge in [0.05, 0.1) is 0 Å².